The SMILES string of the molecule is Cc1cc(O)c(=O)c2c(O)c(O)c(Cl)cc2c1. The zero-order valence-electron chi connectivity index (χ0n) is 8.86. The Morgan fingerprint density at radius 3 is 2.35 bits per heavy atom. The van der Waals surface area contributed by atoms with Crippen LogP contribution in [-0.4, -0.2) is 15.3 Å². The van der Waals surface area contributed by atoms with Gasteiger partial charge in [-0.15, -0.1) is 0 Å². The number of phenolic OH excluding ortho intramolecular Hbond substituents is 2. The summed E-state index contributed by atoms with van der Waals surface area (Å²) in [4.78, 5) is 11.8. The molecule has 0 saturated carbocycles. The third-order valence-electron chi connectivity index (χ3n) is 2.47. The van der Waals surface area contributed by atoms with Crippen molar-refractivity contribution < 1.29 is 15.3 Å². The Balaban J connectivity index is 3.16. The first-order valence-corrected chi connectivity index (χ1v) is 5.17. The highest BCUT2D eigenvalue weighted by atomic mass is 35.5. The third kappa shape index (κ3) is 1.76. The second-order valence-electron chi connectivity index (χ2n) is 3.77. The fourth-order valence-corrected chi connectivity index (χ4v) is 1.90. The predicted octanol–water partition coefficient (Wildman–Crippen LogP) is 2.28. The number of halogens is 1. The average Bonchev–Trinajstić information content (AvgIpc) is 2.34. The Morgan fingerprint density at radius 1 is 1.06 bits per heavy atom. The minimum Gasteiger partial charge on any atom is -0.504 e. The van der Waals surface area contributed by atoms with Crippen molar-refractivity contribution in [1.82, 2.24) is 0 Å². The Kier molecular flexibility index (Phi) is 2.59. The van der Waals surface area contributed by atoms with Crippen molar-refractivity contribution in [2.45, 2.75) is 6.92 Å². The van der Waals surface area contributed by atoms with E-state index < -0.39 is 22.7 Å². The van der Waals surface area contributed by atoms with Crippen LogP contribution in [0.3, 0.4) is 0 Å². The van der Waals surface area contributed by atoms with Crippen LogP contribution in [0.2, 0.25) is 5.02 Å². The number of fused-ring (bicyclic) bond motifs is 1. The van der Waals surface area contributed by atoms with E-state index in [0.717, 1.165) is 0 Å². The molecule has 0 radical (unpaired) electrons. The van der Waals surface area contributed by atoms with Crippen LogP contribution < -0.4 is 5.43 Å². The summed E-state index contributed by atoms with van der Waals surface area (Å²) in [6.45, 7) is 1.69. The van der Waals surface area contributed by atoms with Crippen LogP contribution in [0.15, 0.2) is 23.0 Å². The Labute approximate surface area is 101 Å². The van der Waals surface area contributed by atoms with Gasteiger partial charge in [0, 0.05) is 0 Å². The van der Waals surface area contributed by atoms with E-state index in [2.05, 4.69) is 0 Å². The molecule has 88 valence electrons. The maximum Gasteiger partial charge on any atom is 0.231 e. The molecule has 4 nitrogen and oxygen atoms in total. The molecule has 0 aliphatic heterocycles. The Morgan fingerprint density at radius 2 is 1.71 bits per heavy atom. The highest BCUT2D eigenvalue weighted by Crippen LogP contribution is 2.38. The van der Waals surface area contributed by atoms with Gasteiger partial charge in [-0.25, -0.2) is 0 Å². The fourth-order valence-electron chi connectivity index (χ4n) is 1.69. The normalized spacial score (nSPS) is 10.7. The quantitative estimate of drug-likeness (QED) is 0.629. The van der Waals surface area contributed by atoms with Crippen LogP contribution >= 0.6 is 11.6 Å². The smallest absolute Gasteiger partial charge is 0.231 e. The molecule has 0 aliphatic rings. The lowest BCUT2D eigenvalue weighted by atomic mass is 10.1. The van der Waals surface area contributed by atoms with Gasteiger partial charge in [-0.3, -0.25) is 4.79 Å². The number of aryl methyl sites for hydroxylation is 1. The largest absolute Gasteiger partial charge is 0.504 e. The van der Waals surface area contributed by atoms with Crippen LogP contribution in [0, 0.1) is 6.92 Å². The number of aromatic hydroxyl groups is 3. The zero-order chi connectivity index (χ0) is 12.7. The first-order chi connectivity index (χ1) is 7.91. The minimum absolute atomic E-state index is 0.0560. The van der Waals surface area contributed by atoms with Gasteiger partial charge in [0.15, 0.2) is 17.2 Å². The molecule has 0 spiro atoms. The first-order valence-electron chi connectivity index (χ1n) is 4.80. The second-order valence-corrected chi connectivity index (χ2v) is 4.17. The number of hydrogen-bond donors (Lipinski definition) is 3. The van der Waals surface area contributed by atoms with Gasteiger partial charge in [0.2, 0.25) is 5.43 Å². The van der Waals surface area contributed by atoms with E-state index in [-0.39, 0.29) is 10.4 Å². The number of hydrogen-bond acceptors (Lipinski definition) is 4. The van der Waals surface area contributed by atoms with Gasteiger partial charge >= 0.3 is 0 Å². The van der Waals surface area contributed by atoms with Crippen LogP contribution in [0.25, 0.3) is 10.8 Å². The summed E-state index contributed by atoms with van der Waals surface area (Å²) in [6, 6.07) is 4.23. The van der Waals surface area contributed by atoms with Gasteiger partial charge in [0.25, 0.3) is 0 Å². The first kappa shape index (κ1) is 11.5. The lowest BCUT2D eigenvalue weighted by molar-refractivity contribution is 0.408. The number of benzene rings is 1. The molecule has 3 N–H and O–H groups in total. The number of rotatable bonds is 0. The van der Waals surface area contributed by atoms with Gasteiger partial charge in [0.1, 0.15) is 0 Å². The fraction of sp³-hybridized carbons (Fsp3) is 0.0833. The van der Waals surface area contributed by atoms with Gasteiger partial charge in [-0.05, 0) is 30.0 Å². The average molecular weight is 253 g/mol. The van der Waals surface area contributed by atoms with Gasteiger partial charge in [0.05, 0.1) is 10.4 Å². The molecule has 0 saturated heterocycles. The molecule has 0 aliphatic carbocycles. The van der Waals surface area contributed by atoms with Crippen molar-refractivity contribution in [2.24, 2.45) is 0 Å². The minimum atomic E-state index is -0.752. The molecule has 5 heteroatoms. The van der Waals surface area contributed by atoms with E-state index in [9.17, 15) is 20.1 Å². The van der Waals surface area contributed by atoms with Crippen LogP contribution in [0.1, 0.15) is 5.56 Å². The van der Waals surface area contributed by atoms with E-state index in [1.54, 1.807) is 13.0 Å². The highest BCUT2D eigenvalue weighted by molar-refractivity contribution is 6.33. The van der Waals surface area contributed by atoms with Crippen molar-refractivity contribution in [1.29, 1.82) is 0 Å². The Hall–Kier alpha value is -1.94. The molecule has 0 amide bonds. The van der Waals surface area contributed by atoms with Gasteiger partial charge in [-0.1, -0.05) is 17.7 Å². The van der Waals surface area contributed by atoms with Crippen LogP contribution in [0.5, 0.6) is 17.2 Å². The zero-order valence-corrected chi connectivity index (χ0v) is 9.62. The number of phenols is 2. The molecule has 17 heavy (non-hydrogen) atoms. The summed E-state index contributed by atoms with van der Waals surface area (Å²) in [5.74, 6) is -1.68. The molecular weight excluding hydrogens is 244 g/mol. The maximum absolute atomic E-state index is 11.8. The maximum atomic E-state index is 11.8. The van der Waals surface area contributed by atoms with Crippen molar-refractivity contribution in [3.05, 3.63) is 39.0 Å². The lowest BCUT2D eigenvalue weighted by Crippen LogP contribution is -1.97. The molecule has 0 atom stereocenters. The standard InChI is InChI=1S/C12H9ClO4/c1-5-2-6-4-7(13)10(15)12(17)9(6)11(16)8(14)3-5/h2-4,15,17H,1H3,(H,14,16). The predicted molar refractivity (Wildman–Crippen MR) is 65.0 cm³/mol. The monoisotopic (exact) mass is 252 g/mol. The third-order valence-corrected chi connectivity index (χ3v) is 2.75. The molecule has 2 aromatic carbocycles. The van der Waals surface area contributed by atoms with E-state index >= 15 is 0 Å². The molecule has 2 aromatic rings. The molecule has 0 unspecified atom stereocenters. The lowest BCUT2D eigenvalue weighted by Gasteiger charge is -2.02. The topological polar surface area (TPSA) is 77.8 Å². The molecule has 2 rings (SSSR count). The molecule has 0 fully saturated rings. The summed E-state index contributed by atoms with van der Waals surface area (Å²) in [5, 5.41) is 28.8. The van der Waals surface area contributed by atoms with Gasteiger partial charge in [-0.2, -0.15) is 0 Å². The summed E-state index contributed by atoms with van der Waals surface area (Å²) in [7, 11) is 0. The van der Waals surface area contributed by atoms with Crippen molar-refractivity contribution in [2.75, 3.05) is 0 Å². The second kappa shape index (κ2) is 3.82. The van der Waals surface area contributed by atoms with E-state index in [1.165, 1.54) is 12.1 Å². The molecule has 0 bridgehead atoms. The van der Waals surface area contributed by atoms with Crippen LogP contribution in [0.4, 0.5) is 0 Å². The summed E-state index contributed by atoms with van der Waals surface area (Å²) in [6.07, 6.45) is 0. The summed E-state index contributed by atoms with van der Waals surface area (Å²) in [5.41, 5.74) is -0.117. The molecule has 0 aromatic heterocycles. The van der Waals surface area contributed by atoms with Gasteiger partial charge < -0.3 is 15.3 Å². The summed E-state index contributed by atoms with van der Waals surface area (Å²) < 4.78 is 0. The summed E-state index contributed by atoms with van der Waals surface area (Å²) >= 11 is 5.71. The van der Waals surface area contributed by atoms with Crippen molar-refractivity contribution in [3.8, 4) is 17.2 Å². The Bertz CT molecular complexity index is 680. The van der Waals surface area contributed by atoms with Crippen LogP contribution in [-0.2, 0) is 0 Å². The van der Waals surface area contributed by atoms with E-state index in [1.807, 2.05) is 0 Å². The van der Waals surface area contributed by atoms with Crippen molar-refractivity contribution >= 4 is 22.4 Å². The highest BCUT2D eigenvalue weighted by Gasteiger charge is 2.14. The van der Waals surface area contributed by atoms with E-state index in [0.29, 0.717) is 10.9 Å². The van der Waals surface area contributed by atoms with E-state index in [4.69, 9.17) is 11.6 Å². The molecular formula is C12H9ClO4. The van der Waals surface area contributed by atoms with Crippen molar-refractivity contribution in [3.63, 3.8) is 0 Å². The molecule has 0 heterocycles.